The van der Waals surface area contributed by atoms with Gasteiger partial charge in [-0.3, -0.25) is 4.79 Å². The molecular formula is C32H54O7Si2. The summed E-state index contributed by atoms with van der Waals surface area (Å²) in [6.07, 6.45) is 1.94. The highest BCUT2D eigenvalue weighted by Crippen LogP contribution is 2.69. The number of methoxy groups -OCH3 is 5. The maximum Gasteiger partial charge on any atom is 0.200 e. The zero-order chi connectivity index (χ0) is 31.1. The second kappa shape index (κ2) is 12.1. The molecule has 0 aromatic heterocycles. The Bertz CT molecular complexity index is 1100. The van der Waals surface area contributed by atoms with Gasteiger partial charge in [-0.2, -0.15) is 0 Å². The van der Waals surface area contributed by atoms with Crippen LogP contribution in [0.5, 0.6) is 11.5 Å². The van der Waals surface area contributed by atoms with Gasteiger partial charge in [0.15, 0.2) is 23.1 Å². The fraction of sp³-hybridized carbons (Fsp3) is 0.719. The zero-order valence-corrected chi connectivity index (χ0v) is 29.8. The minimum absolute atomic E-state index is 0.0127. The van der Waals surface area contributed by atoms with Gasteiger partial charge in [-0.25, -0.2) is 0 Å². The van der Waals surface area contributed by atoms with Crippen molar-refractivity contribution in [3.63, 3.8) is 0 Å². The van der Waals surface area contributed by atoms with Crippen LogP contribution in [0.3, 0.4) is 0 Å². The molecule has 0 radical (unpaired) electrons. The van der Waals surface area contributed by atoms with E-state index in [-0.39, 0.29) is 17.8 Å². The Morgan fingerprint density at radius 2 is 1.34 bits per heavy atom. The Labute approximate surface area is 250 Å². The Morgan fingerprint density at radius 3 is 1.76 bits per heavy atom. The maximum absolute atomic E-state index is 14.5. The standard InChI is InChI=1S/C32H54O7Si2/c1-20(2)41(21(3)4,22(5)6)39-27-19-31(40(12,13)14)28(33)18-26(36-9)30(32(31,37-10)38-11)29(27)23-15-16-24(34-7)25(17-23)35-8/h15-18,20-22,27,29-30H,19H2,1-14H3/t27-,29+,30+,31-/m0/s1. The molecule has 3 rings (SSSR count). The van der Waals surface area contributed by atoms with Crippen molar-refractivity contribution in [2.45, 2.75) is 107 Å². The van der Waals surface area contributed by atoms with E-state index in [4.69, 9.17) is 28.1 Å². The molecule has 0 aliphatic heterocycles. The van der Waals surface area contributed by atoms with E-state index in [1.54, 1.807) is 41.6 Å². The largest absolute Gasteiger partial charge is 0.500 e. The molecule has 1 saturated carbocycles. The van der Waals surface area contributed by atoms with Crippen molar-refractivity contribution in [1.82, 2.24) is 0 Å². The number of fused-ring (bicyclic) bond motifs is 2. The summed E-state index contributed by atoms with van der Waals surface area (Å²) in [6, 6.07) is 6.05. The molecule has 4 atom stereocenters. The van der Waals surface area contributed by atoms with Gasteiger partial charge >= 0.3 is 0 Å². The number of carbonyl (C=O) groups is 1. The summed E-state index contributed by atoms with van der Waals surface area (Å²) in [6.45, 7) is 20.5. The summed E-state index contributed by atoms with van der Waals surface area (Å²) < 4.78 is 38.0. The van der Waals surface area contributed by atoms with Gasteiger partial charge in [-0.15, -0.1) is 0 Å². The summed E-state index contributed by atoms with van der Waals surface area (Å²) >= 11 is 0. The Kier molecular flexibility index (Phi) is 10.0. The lowest BCUT2D eigenvalue weighted by molar-refractivity contribution is -0.286. The molecule has 1 fully saturated rings. The molecule has 1 aromatic carbocycles. The smallest absolute Gasteiger partial charge is 0.200 e. The van der Waals surface area contributed by atoms with Gasteiger partial charge in [0.2, 0.25) is 8.32 Å². The van der Waals surface area contributed by atoms with E-state index < -0.39 is 33.1 Å². The average molecular weight is 607 g/mol. The van der Waals surface area contributed by atoms with Crippen LogP contribution in [-0.2, 0) is 23.4 Å². The fourth-order valence-corrected chi connectivity index (χ4v) is 17.2. The van der Waals surface area contributed by atoms with Crippen LogP contribution < -0.4 is 9.47 Å². The van der Waals surface area contributed by atoms with Crippen molar-refractivity contribution >= 4 is 22.2 Å². The van der Waals surface area contributed by atoms with Crippen molar-refractivity contribution < 1.29 is 32.9 Å². The van der Waals surface area contributed by atoms with Gasteiger partial charge in [-0.05, 0) is 40.7 Å². The molecule has 2 aliphatic rings. The van der Waals surface area contributed by atoms with E-state index in [2.05, 4.69) is 67.2 Å². The third-order valence-corrected chi connectivity index (χ3v) is 19.7. The monoisotopic (exact) mass is 606 g/mol. The number of allylic oxidation sites excluding steroid dienone is 1. The second-order valence-electron chi connectivity index (χ2n) is 13.6. The number of hydrogen-bond acceptors (Lipinski definition) is 7. The number of benzene rings is 1. The van der Waals surface area contributed by atoms with Crippen LogP contribution in [0.2, 0.25) is 41.3 Å². The molecule has 2 bridgehead atoms. The molecular weight excluding hydrogens is 553 g/mol. The molecule has 0 spiro atoms. The average Bonchev–Trinajstić information content (AvgIpc) is 2.91. The van der Waals surface area contributed by atoms with Crippen molar-refractivity contribution in [2.75, 3.05) is 35.5 Å². The first kappa shape index (κ1) is 33.8. The number of hydrogen-bond donors (Lipinski definition) is 0. The Balaban J connectivity index is 2.47. The van der Waals surface area contributed by atoms with Crippen LogP contribution in [0.4, 0.5) is 0 Å². The molecule has 0 N–H and O–H groups in total. The third kappa shape index (κ3) is 4.93. The fourth-order valence-electron chi connectivity index (χ4n) is 8.59. The first-order valence-electron chi connectivity index (χ1n) is 14.9. The van der Waals surface area contributed by atoms with Gasteiger partial charge in [-0.1, -0.05) is 67.2 Å². The first-order valence-corrected chi connectivity index (χ1v) is 20.5. The number of ketones is 1. The SMILES string of the molecule is COC1=CC(=O)[C@@]2([Si](C)(C)C)C[C@H](O[Si](C(C)C)(C(C)C)C(C)C)[C@@H](c3ccc(OC)c(OC)c3)[C@@H]1C2(OC)OC. The molecule has 7 nitrogen and oxygen atoms in total. The minimum atomic E-state index is -2.38. The van der Waals surface area contributed by atoms with E-state index >= 15 is 0 Å². The maximum atomic E-state index is 14.5. The van der Waals surface area contributed by atoms with Crippen LogP contribution in [0, 0.1) is 5.92 Å². The number of rotatable bonds is 12. The van der Waals surface area contributed by atoms with Crippen molar-refractivity contribution in [1.29, 1.82) is 0 Å². The number of ether oxygens (including phenoxy) is 5. The second-order valence-corrected chi connectivity index (χ2v) is 24.4. The van der Waals surface area contributed by atoms with Crippen LogP contribution in [0.1, 0.15) is 59.4 Å². The van der Waals surface area contributed by atoms with Crippen LogP contribution in [-0.4, -0.2) is 69.6 Å². The van der Waals surface area contributed by atoms with E-state index in [0.717, 1.165) is 5.56 Å². The molecule has 232 valence electrons. The molecule has 0 amide bonds. The molecule has 1 aromatic rings. The van der Waals surface area contributed by atoms with Gasteiger partial charge < -0.3 is 28.1 Å². The van der Waals surface area contributed by atoms with Gasteiger partial charge in [0.05, 0.1) is 46.5 Å². The van der Waals surface area contributed by atoms with Crippen molar-refractivity contribution in [3.8, 4) is 11.5 Å². The highest BCUT2D eigenvalue weighted by atomic mass is 28.4. The van der Waals surface area contributed by atoms with Crippen LogP contribution in [0.15, 0.2) is 30.0 Å². The lowest BCUT2D eigenvalue weighted by Crippen LogP contribution is -2.72. The van der Waals surface area contributed by atoms with Gasteiger partial charge in [0, 0.05) is 26.2 Å². The van der Waals surface area contributed by atoms with E-state index in [1.807, 2.05) is 12.1 Å². The van der Waals surface area contributed by atoms with E-state index in [1.165, 1.54) is 0 Å². The predicted molar refractivity (Wildman–Crippen MR) is 169 cm³/mol. The molecule has 0 heterocycles. The minimum Gasteiger partial charge on any atom is -0.500 e. The summed E-state index contributed by atoms with van der Waals surface area (Å²) in [7, 11) is 3.51. The normalized spacial score (nSPS) is 26.4. The summed E-state index contributed by atoms with van der Waals surface area (Å²) in [5.74, 6) is -0.0262. The van der Waals surface area contributed by atoms with Crippen LogP contribution >= 0.6 is 0 Å². The highest BCUT2D eigenvalue weighted by Gasteiger charge is 2.75. The highest BCUT2D eigenvalue weighted by molar-refractivity contribution is 6.83. The van der Waals surface area contributed by atoms with Gasteiger partial charge in [0.25, 0.3) is 0 Å². The quantitative estimate of drug-likeness (QED) is 0.180. The van der Waals surface area contributed by atoms with Crippen molar-refractivity contribution in [3.05, 3.63) is 35.6 Å². The summed E-state index contributed by atoms with van der Waals surface area (Å²) in [4.78, 5) is 14.5. The lowest BCUT2D eigenvalue weighted by atomic mass is 9.60. The van der Waals surface area contributed by atoms with Gasteiger partial charge in [0.1, 0.15) is 5.76 Å². The Morgan fingerprint density at radius 1 is 0.805 bits per heavy atom. The topological polar surface area (TPSA) is 72.5 Å². The number of carbonyl (C=O) groups excluding carboxylic acids is 1. The summed E-state index contributed by atoms with van der Waals surface area (Å²) in [5.41, 5.74) is 2.14. The lowest BCUT2D eigenvalue weighted by Gasteiger charge is -2.65. The Hall–Kier alpha value is -1.66. The summed E-state index contributed by atoms with van der Waals surface area (Å²) in [5, 5.41) is -0.890. The van der Waals surface area contributed by atoms with E-state index in [0.29, 0.717) is 40.3 Å². The first-order chi connectivity index (χ1) is 19.1. The van der Waals surface area contributed by atoms with E-state index in [9.17, 15) is 4.79 Å². The zero-order valence-electron chi connectivity index (χ0n) is 27.8. The molecule has 41 heavy (non-hydrogen) atoms. The molecule has 0 saturated heterocycles. The predicted octanol–water partition coefficient (Wildman–Crippen LogP) is 7.55. The molecule has 9 heteroatoms. The molecule has 2 aliphatic carbocycles. The third-order valence-electron chi connectivity index (χ3n) is 10.2. The van der Waals surface area contributed by atoms with Crippen LogP contribution in [0.25, 0.3) is 0 Å². The molecule has 0 unspecified atom stereocenters. The van der Waals surface area contributed by atoms with Crippen molar-refractivity contribution in [2.24, 2.45) is 5.92 Å².